The van der Waals surface area contributed by atoms with Gasteiger partial charge in [0.2, 0.25) is 0 Å². The number of fused-ring (bicyclic) bond motifs is 3. The van der Waals surface area contributed by atoms with Crippen molar-refractivity contribution in [1.82, 2.24) is 5.32 Å². The maximum absolute atomic E-state index is 12.7. The smallest absolute Gasteiger partial charge is 0.321 e. The Balaban J connectivity index is 1.61. The summed E-state index contributed by atoms with van der Waals surface area (Å²) in [6, 6.07) is 35.0. The van der Waals surface area contributed by atoms with E-state index in [0.717, 1.165) is 33.4 Å². The van der Waals surface area contributed by atoms with E-state index in [-0.39, 0.29) is 0 Å². The zero-order valence-corrected chi connectivity index (χ0v) is 19.6. The van der Waals surface area contributed by atoms with Gasteiger partial charge in [-0.2, -0.15) is 0 Å². The third-order valence-electron chi connectivity index (χ3n) is 7.22. The van der Waals surface area contributed by atoms with Crippen LogP contribution in [0.1, 0.15) is 29.2 Å². The molecular formula is C31H29NO3. The van der Waals surface area contributed by atoms with Crippen molar-refractivity contribution in [2.24, 2.45) is 5.92 Å². The minimum absolute atomic E-state index is 0.388. The van der Waals surface area contributed by atoms with Crippen molar-refractivity contribution in [3.63, 3.8) is 0 Å². The molecule has 4 heteroatoms. The summed E-state index contributed by atoms with van der Waals surface area (Å²) < 4.78 is 0. The highest BCUT2D eigenvalue weighted by molar-refractivity contribution is 5.84. The molecule has 0 fully saturated rings. The van der Waals surface area contributed by atoms with E-state index in [1.165, 1.54) is 0 Å². The van der Waals surface area contributed by atoms with Crippen LogP contribution in [0.5, 0.6) is 0 Å². The predicted molar refractivity (Wildman–Crippen MR) is 138 cm³/mol. The number of aliphatic hydroxyl groups is 1. The van der Waals surface area contributed by atoms with Crippen LogP contribution in [0.15, 0.2) is 109 Å². The van der Waals surface area contributed by atoms with Gasteiger partial charge >= 0.3 is 5.97 Å². The quantitative estimate of drug-likeness (QED) is 0.334. The van der Waals surface area contributed by atoms with Crippen LogP contribution in [0, 0.1) is 5.92 Å². The highest BCUT2D eigenvalue weighted by Gasteiger charge is 2.48. The molecule has 4 aromatic carbocycles. The number of hydrogen-bond donors (Lipinski definition) is 3. The molecule has 0 saturated carbocycles. The molecule has 35 heavy (non-hydrogen) atoms. The second-order valence-electron chi connectivity index (χ2n) is 9.28. The van der Waals surface area contributed by atoms with Crippen LogP contribution in [0.2, 0.25) is 0 Å². The fourth-order valence-electron chi connectivity index (χ4n) is 5.39. The normalized spacial score (nSPS) is 16.1. The predicted octanol–water partition coefficient (Wildman–Crippen LogP) is 5.24. The number of nitrogens with one attached hydrogen (secondary N) is 1. The van der Waals surface area contributed by atoms with E-state index < -0.39 is 29.6 Å². The van der Waals surface area contributed by atoms with Gasteiger partial charge < -0.3 is 10.2 Å². The van der Waals surface area contributed by atoms with E-state index in [9.17, 15) is 15.0 Å². The van der Waals surface area contributed by atoms with Gasteiger partial charge in [0.05, 0.1) is 11.6 Å². The summed E-state index contributed by atoms with van der Waals surface area (Å²) in [5.74, 6) is -1.53. The number of aliphatic carboxylic acids is 1. The maximum Gasteiger partial charge on any atom is 0.321 e. The van der Waals surface area contributed by atoms with Gasteiger partial charge in [-0.1, -0.05) is 116 Å². The Morgan fingerprint density at radius 1 is 0.771 bits per heavy atom. The van der Waals surface area contributed by atoms with Crippen LogP contribution in [-0.4, -0.2) is 28.3 Å². The van der Waals surface area contributed by atoms with Gasteiger partial charge in [-0.05, 0) is 39.8 Å². The summed E-state index contributed by atoms with van der Waals surface area (Å²) in [4.78, 5) is 12.7. The number of carboxylic acid groups (broad SMARTS) is 1. The fourth-order valence-corrected chi connectivity index (χ4v) is 5.39. The lowest BCUT2D eigenvalue weighted by atomic mass is 9.78. The van der Waals surface area contributed by atoms with Crippen LogP contribution in [0.3, 0.4) is 0 Å². The topological polar surface area (TPSA) is 69.6 Å². The van der Waals surface area contributed by atoms with E-state index in [1.54, 1.807) is 0 Å². The molecule has 0 aromatic heterocycles. The molecule has 4 nitrogen and oxygen atoms in total. The third-order valence-corrected chi connectivity index (χ3v) is 7.22. The zero-order chi connectivity index (χ0) is 24.4. The largest absolute Gasteiger partial charge is 0.480 e. The Bertz CT molecular complexity index is 1270. The van der Waals surface area contributed by atoms with Crippen LogP contribution in [0.4, 0.5) is 0 Å². The first-order valence-corrected chi connectivity index (χ1v) is 12.0. The molecule has 3 atom stereocenters. The Morgan fingerprint density at radius 2 is 1.26 bits per heavy atom. The first-order chi connectivity index (χ1) is 17.0. The third kappa shape index (κ3) is 4.05. The number of rotatable bonds is 8. The van der Waals surface area contributed by atoms with Crippen molar-refractivity contribution in [2.45, 2.75) is 31.0 Å². The molecule has 0 amide bonds. The molecule has 3 N–H and O–H groups in total. The summed E-state index contributed by atoms with van der Waals surface area (Å²) >= 11 is 0. The molecule has 1 unspecified atom stereocenters. The lowest BCUT2D eigenvalue weighted by molar-refractivity contribution is -0.142. The molecule has 1 aliphatic carbocycles. The van der Waals surface area contributed by atoms with Crippen LogP contribution in [-0.2, 0) is 16.8 Å². The second-order valence-corrected chi connectivity index (χ2v) is 9.28. The average Bonchev–Trinajstić information content (AvgIpc) is 3.18. The Hall–Kier alpha value is -3.73. The summed E-state index contributed by atoms with van der Waals surface area (Å²) in [5.41, 5.74) is 5.28. The van der Waals surface area contributed by atoms with Crippen molar-refractivity contribution in [3.05, 3.63) is 131 Å². The number of benzene rings is 4. The maximum atomic E-state index is 12.7. The Labute approximate surface area is 205 Å². The summed E-state index contributed by atoms with van der Waals surface area (Å²) in [6.45, 7) is 1.81. The van der Waals surface area contributed by atoms with Gasteiger partial charge in [0, 0.05) is 5.92 Å². The molecular weight excluding hydrogens is 434 g/mol. The number of carbonyl (C=O) groups is 1. The molecule has 4 aromatic rings. The van der Waals surface area contributed by atoms with E-state index in [1.807, 2.05) is 91.9 Å². The van der Waals surface area contributed by atoms with Gasteiger partial charge in [0.25, 0.3) is 0 Å². The van der Waals surface area contributed by atoms with E-state index in [4.69, 9.17) is 0 Å². The van der Waals surface area contributed by atoms with E-state index in [2.05, 4.69) is 29.6 Å². The van der Waals surface area contributed by atoms with E-state index >= 15 is 0 Å². The summed E-state index contributed by atoms with van der Waals surface area (Å²) in [5, 5.41) is 25.1. The standard InChI is InChI=1S/C31H29NO3/c1-21(28(33)20-22-12-4-2-5-13-22)29(30(34)35)32-31(23-14-6-3-7-15-23)26-18-10-8-16-24(26)25-17-9-11-19-27(25)31/h2-19,21,28-29,32-33H,20H2,1H3,(H,34,35)/t21-,28?,29-/m0/s1. The molecule has 1 aliphatic rings. The van der Waals surface area contributed by atoms with Crippen LogP contribution in [0.25, 0.3) is 11.1 Å². The molecule has 0 saturated heterocycles. The minimum Gasteiger partial charge on any atom is -0.480 e. The second kappa shape index (κ2) is 9.49. The van der Waals surface area contributed by atoms with Crippen molar-refractivity contribution >= 4 is 5.97 Å². The molecule has 5 rings (SSSR count). The Kier molecular flexibility index (Phi) is 6.25. The molecule has 0 heterocycles. The summed E-state index contributed by atoms with van der Waals surface area (Å²) in [6.07, 6.45) is -0.440. The van der Waals surface area contributed by atoms with Crippen molar-refractivity contribution in [2.75, 3.05) is 0 Å². The highest BCUT2D eigenvalue weighted by Crippen LogP contribution is 2.51. The minimum atomic E-state index is -0.992. The lowest BCUT2D eigenvalue weighted by Crippen LogP contribution is -2.56. The van der Waals surface area contributed by atoms with Gasteiger partial charge in [0.1, 0.15) is 6.04 Å². The SMILES string of the molecule is C[C@@H](C(O)Cc1ccccc1)[C@H](NC1(c2ccccc2)c2ccccc2-c2ccccc21)C(=O)O. The highest BCUT2D eigenvalue weighted by atomic mass is 16.4. The van der Waals surface area contributed by atoms with Gasteiger partial charge in [0.15, 0.2) is 0 Å². The van der Waals surface area contributed by atoms with Crippen molar-refractivity contribution in [1.29, 1.82) is 0 Å². The van der Waals surface area contributed by atoms with Crippen molar-refractivity contribution < 1.29 is 15.0 Å². The van der Waals surface area contributed by atoms with Gasteiger partial charge in [-0.25, -0.2) is 0 Å². The van der Waals surface area contributed by atoms with Gasteiger partial charge in [-0.3, -0.25) is 10.1 Å². The molecule has 0 radical (unpaired) electrons. The Morgan fingerprint density at radius 3 is 1.80 bits per heavy atom. The molecule has 0 bridgehead atoms. The average molecular weight is 464 g/mol. The van der Waals surface area contributed by atoms with Crippen molar-refractivity contribution in [3.8, 4) is 11.1 Å². The lowest BCUT2D eigenvalue weighted by Gasteiger charge is -2.39. The molecule has 0 aliphatic heterocycles. The number of hydrogen-bond acceptors (Lipinski definition) is 3. The number of carboxylic acids is 1. The molecule has 0 spiro atoms. The van der Waals surface area contributed by atoms with Crippen LogP contribution < -0.4 is 5.32 Å². The molecule has 176 valence electrons. The van der Waals surface area contributed by atoms with Crippen LogP contribution >= 0.6 is 0 Å². The first kappa shape index (κ1) is 23.0. The first-order valence-electron chi connectivity index (χ1n) is 12.0. The van der Waals surface area contributed by atoms with E-state index in [0.29, 0.717) is 6.42 Å². The summed E-state index contributed by atoms with van der Waals surface area (Å²) in [7, 11) is 0. The zero-order valence-electron chi connectivity index (χ0n) is 19.6. The number of aliphatic hydroxyl groups excluding tert-OH is 1. The monoisotopic (exact) mass is 463 g/mol. The van der Waals surface area contributed by atoms with Gasteiger partial charge in [-0.15, -0.1) is 0 Å². The fraction of sp³-hybridized carbons (Fsp3) is 0.194.